The van der Waals surface area contributed by atoms with Gasteiger partial charge in [0.1, 0.15) is 5.75 Å². The highest BCUT2D eigenvalue weighted by molar-refractivity contribution is 5.95. The molecule has 2 aromatic heterocycles. The number of ether oxygens (including phenoxy) is 1. The van der Waals surface area contributed by atoms with Crippen LogP contribution in [0.3, 0.4) is 0 Å². The maximum absolute atomic E-state index is 6.37. The molecule has 4 rings (SSSR count). The van der Waals surface area contributed by atoms with E-state index in [1.807, 2.05) is 32.3 Å². The predicted octanol–water partition coefficient (Wildman–Crippen LogP) is 4.11. The summed E-state index contributed by atoms with van der Waals surface area (Å²) in [5.74, 6) is 1.15. The quantitative estimate of drug-likeness (QED) is 0.334. The van der Waals surface area contributed by atoms with Crippen LogP contribution in [-0.4, -0.2) is 48.8 Å². The summed E-state index contributed by atoms with van der Waals surface area (Å²) in [6.07, 6.45) is 3.91. The van der Waals surface area contributed by atoms with Crippen LogP contribution in [0.15, 0.2) is 54.9 Å². The third kappa shape index (κ3) is 4.56. The number of likely N-dealkylation sites (N-methyl/N-ethyl adjacent to an activating group) is 2. The summed E-state index contributed by atoms with van der Waals surface area (Å²) in [5.41, 5.74) is 11.8. The Morgan fingerprint density at radius 3 is 2.76 bits per heavy atom. The Bertz CT molecular complexity index is 1250. The average molecular weight is 446 g/mol. The van der Waals surface area contributed by atoms with E-state index in [9.17, 15) is 0 Å². The highest BCUT2D eigenvalue weighted by Crippen LogP contribution is 2.36. The zero-order valence-corrected chi connectivity index (χ0v) is 19.6. The van der Waals surface area contributed by atoms with Gasteiger partial charge in [-0.1, -0.05) is 18.2 Å². The van der Waals surface area contributed by atoms with E-state index in [-0.39, 0.29) is 0 Å². The number of nitrogen functional groups attached to an aromatic ring is 1. The highest BCUT2D eigenvalue weighted by Gasteiger charge is 2.15. The molecule has 172 valence electrons. The van der Waals surface area contributed by atoms with Gasteiger partial charge in [-0.2, -0.15) is 0 Å². The van der Waals surface area contributed by atoms with Crippen molar-refractivity contribution in [2.75, 3.05) is 50.2 Å². The number of methoxy groups -OCH3 is 1. The second-order valence-corrected chi connectivity index (χ2v) is 7.87. The summed E-state index contributed by atoms with van der Waals surface area (Å²) >= 11 is 0. The lowest BCUT2D eigenvalue weighted by Crippen LogP contribution is -2.27. The van der Waals surface area contributed by atoms with Gasteiger partial charge >= 0.3 is 0 Å². The number of hydrogen-bond donors (Lipinski definition) is 3. The van der Waals surface area contributed by atoms with E-state index in [1.54, 1.807) is 13.3 Å². The van der Waals surface area contributed by atoms with Crippen molar-refractivity contribution < 1.29 is 4.74 Å². The van der Waals surface area contributed by atoms with Crippen LogP contribution < -0.4 is 26.0 Å². The minimum absolute atomic E-state index is 0.481. The molecule has 4 aromatic rings. The first-order valence-corrected chi connectivity index (χ1v) is 11.1. The molecule has 0 atom stereocenters. The number of nitrogens with two attached hydrogens (primary N) is 1. The van der Waals surface area contributed by atoms with E-state index in [2.05, 4.69) is 62.5 Å². The summed E-state index contributed by atoms with van der Waals surface area (Å²) in [6.45, 7) is 4.71. The molecule has 0 saturated carbocycles. The first-order chi connectivity index (χ1) is 16.0. The summed E-state index contributed by atoms with van der Waals surface area (Å²) in [5, 5.41) is 7.61. The van der Waals surface area contributed by atoms with Gasteiger partial charge in [0.2, 0.25) is 5.95 Å². The van der Waals surface area contributed by atoms with Crippen molar-refractivity contribution in [3.63, 3.8) is 0 Å². The van der Waals surface area contributed by atoms with Gasteiger partial charge in [0, 0.05) is 61.6 Å². The second-order valence-electron chi connectivity index (χ2n) is 7.87. The molecule has 0 spiro atoms. The fourth-order valence-corrected chi connectivity index (χ4v) is 3.98. The summed E-state index contributed by atoms with van der Waals surface area (Å²) in [4.78, 5) is 11.3. The second kappa shape index (κ2) is 9.79. The number of hydrogen-bond acceptors (Lipinski definition) is 7. The van der Waals surface area contributed by atoms with Crippen molar-refractivity contribution >= 4 is 33.9 Å². The maximum Gasteiger partial charge on any atom is 0.227 e. The van der Waals surface area contributed by atoms with Gasteiger partial charge in [0.15, 0.2) is 0 Å². The van der Waals surface area contributed by atoms with Crippen LogP contribution >= 0.6 is 0 Å². The third-order valence-corrected chi connectivity index (χ3v) is 5.76. The minimum Gasteiger partial charge on any atom is -0.494 e. The monoisotopic (exact) mass is 445 g/mol. The molecule has 0 fully saturated rings. The molecule has 2 aromatic carbocycles. The third-order valence-electron chi connectivity index (χ3n) is 5.76. The van der Waals surface area contributed by atoms with Crippen molar-refractivity contribution in [3.8, 4) is 17.0 Å². The van der Waals surface area contributed by atoms with Crippen molar-refractivity contribution in [1.29, 1.82) is 0 Å². The predicted molar refractivity (Wildman–Crippen MR) is 137 cm³/mol. The van der Waals surface area contributed by atoms with Crippen molar-refractivity contribution in [1.82, 2.24) is 19.9 Å². The number of rotatable bonds is 9. The number of benzene rings is 2. The smallest absolute Gasteiger partial charge is 0.227 e. The van der Waals surface area contributed by atoms with Gasteiger partial charge in [-0.15, -0.1) is 0 Å². The van der Waals surface area contributed by atoms with Crippen molar-refractivity contribution in [2.45, 2.75) is 13.5 Å². The molecule has 8 nitrogen and oxygen atoms in total. The van der Waals surface area contributed by atoms with Crippen LogP contribution in [0.25, 0.3) is 22.2 Å². The fourth-order valence-electron chi connectivity index (χ4n) is 3.98. The zero-order valence-electron chi connectivity index (χ0n) is 19.6. The first kappa shape index (κ1) is 22.4. The molecule has 33 heavy (non-hydrogen) atoms. The molecule has 0 saturated heterocycles. The highest BCUT2D eigenvalue weighted by atomic mass is 16.5. The van der Waals surface area contributed by atoms with E-state index >= 15 is 0 Å². The molecule has 0 aliphatic rings. The lowest BCUT2D eigenvalue weighted by Gasteiger charge is -2.23. The minimum atomic E-state index is 0.481. The molecule has 0 bridgehead atoms. The number of fused-ring (bicyclic) bond motifs is 1. The van der Waals surface area contributed by atoms with Gasteiger partial charge < -0.3 is 30.6 Å². The number of nitrogens with one attached hydrogen (secondary N) is 2. The number of nitrogens with zero attached hydrogens (tertiary/aromatic N) is 4. The maximum atomic E-state index is 6.37. The standard InChI is InChI=1S/C25H31N7O/c1-5-32-16-18(17-8-6-7-9-22(17)32)20-10-11-28-25(29-20)30-21-14-19(26)23(15-24(21)33-4)31(3)13-12-27-2/h6-11,14-16,27H,5,12-13,26H2,1-4H3,(H,28,29,30). The van der Waals surface area contributed by atoms with Crippen LogP contribution in [-0.2, 0) is 6.54 Å². The first-order valence-electron chi connectivity index (χ1n) is 11.1. The van der Waals surface area contributed by atoms with Crippen LogP contribution in [0, 0.1) is 0 Å². The Morgan fingerprint density at radius 1 is 1.18 bits per heavy atom. The van der Waals surface area contributed by atoms with E-state index < -0.39 is 0 Å². The van der Waals surface area contributed by atoms with Crippen LogP contribution in [0.2, 0.25) is 0 Å². The number of aromatic nitrogens is 3. The van der Waals surface area contributed by atoms with Gasteiger partial charge in [-0.25, -0.2) is 9.97 Å². The Morgan fingerprint density at radius 2 is 2.00 bits per heavy atom. The van der Waals surface area contributed by atoms with E-state index in [4.69, 9.17) is 15.5 Å². The summed E-state index contributed by atoms with van der Waals surface area (Å²) < 4.78 is 7.87. The number of aryl methyl sites for hydroxylation is 1. The summed E-state index contributed by atoms with van der Waals surface area (Å²) in [6, 6.07) is 14.1. The lowest BCUT2D eigenvalue weighted by molar-refractivity contribution is 0.417. The molecule has 0 unspecified atom stereocenters. The van der Waals surface area contributed by atoms with Crippen LogP contribution in [0.1, 0.15) is 6.92 Å². The Labute approximate surface area is 194 Å². The molecular weight excluding hydrogens is 414 g/mol. The molecule has 0 amide bonds. The van der Waals surface area contributed by atoms with E-state index in [0.717, 1.165) is 36.6 Å². The largest absolute Gasteiger partial charge is 0.494 e. The molecular formula is C25H31N7O. The van der Waals surface area contributed by atoms with Crippen molar-refractivity contribution in [3.05, 3.63) is 54.9 Å². The van der Waals surface area contributed by atoms with Crippen molar-refractivity contribution in [2.24, 2.45) is 0 Å². The number of anilines is 4. The Hall–Kier alpha value is -3.78. The SMILES string of the molecule is CCn1cc(-c2ccnc(Nc3cc(N)c(N(C)CCNC)cc3OC)n2)c2ccccc21. The molecule has 4 N–H and O–H groups in total. The molecule has 0 aliphatic carbocycles. The molecule has 0 radical (unpaired) electrons. The normalized spacial score (nSPS) is 11.0. The van der Waals surface area contributed by atoms with Gasteiger partial charge in [0.25, 0.3) is 0 Å². The average Bonchev–Trinajstić information content (AvgIpc) is 3.22. The fraction of sp³-hybridized carbons (Fsp3) is 0.280. The van der Waals surface area contributed by atoms with Crippen LogP contribution in [0.5, 0.6) is 5.75 Å². The van der Waals surface area contributed by atoms with E-state index in [0.29, 0.717) is 23.1 Å². The molecule has 0 aliphatic heterocycles. The van der Waals surface area contributed by atoms with E-state index in [1.165, 1.54) is 10.9 Å². The Kier molecular flexibility index (Phi) is 6.65. The van der Waals surface area contributed by atoms with Gasteiger partial charge in [-0.05, 0) is 32.2 Å². The Balaban J connectivity index is 1.66. The molecule has 2 heterocycles. The number of para-hydroxylation sites is 1. The molecule has 8 heteroatoms. The van der Waals surface area contributed by atoms with Crippen LogP contribution in [0.4, 0.5) is 23.0 Å². The van der Waals surface area contributed by atoms with Gasteiger partial charge in [0.05, 0.1) is 29.9 Å². The topological polar surface area (TPSA) is 93.3 Å². The lowest BCUT2D eigenvalue weighted by atomic mass is 10.1. The van der Waals surface area contributed by atoms with Gasteiger partial charge in [-0.3, -0.25) is 0 Å². The summed E-state index contributed by atoms with van der Waals surface area (Å²) in [7, 11) is 5.58. The zero-order chi connectivity index (χ0) is 23.4.